The van der Waals surface area contributed by atoms with Crippen molar-refractivity contribution in [1.82, 2.24) is 14.6 Å². The molecule has 1 aliphatic heterocycles. The van der Waals surface area contributed by atoms with Gasteiger partial charge in [-0.15, -0.1) is 0 Å². The summed E-state index contributed by atoms with van der Waals surface area (Å²) in [7, 11) is -3.03. The lowest BCUT2D eigenvalue weighted by molar-refractivity contribution is -0.171. The van der Waals surface area contributed by atoms with Gasteiger partial charge in [-0.2, -0.15) is 18.4 Å². The van der Waals surface area contributed by atoms with Crippen LogP contribution in [-0.4, -0.2) is 62.9 Å². The molecular weight excluding hydrogens is 713 g/mol. The predicted octanol–water partition coefficient (Wildman–Crippen LogP) is 5.95. The molecule has 0 saturated carbocycles. The normalized spacial score (nSPS) is 12.7. The molecule has 1 aromatic heterocycles. The lowest BCUT2D eigenvalue weighted by Gasteiger charge is -2.21. The summed E-state index contributed by atoms with van der Waals surface area (Å²) >= 11 is 6.67. The van der Waals surface area contributed by atoms with Crippen molar-refractivity contribution < 1.29 is 45.3 Å². The van der Waals surface area contributed by atoms with Crippen molar-refractivity contribution in [1.29, 1.82) is 5.26 Å². The number of carbonyl (C=O) groups is 1. The number of fused-ring (bicyclic) bond motifs is 1. The number of amides is 1. The number of aromatic nitrogens is 1. The van der Waals surface area contributed by atoms with Gasteiger partial charge in [-0.05, 0) is 60.5 Å². The number of sulfonamides is 1. The molecule has 0 atom stereocenters. The number of rotatable bonds is 13. The van der Waals surface area contributed by atoms with Gasteiger partial charge < -0.3 is 23.8 Å². The molecule has 16 heteroatoms. The van der Waals surface area contributed by atoms with E-state index < -0.39 is 27.9 Å². The summed E-state index contributed by atoms with van der Waals surface area (Å²) in [4.78, 5) is 16.7. The van der Waals surface area contributed by atoms with E-state index >= 15 is 0 Å². The highest BCUT2D eigenvalue weighted by molar-refractivity contribution is 7.90. The first-order valence-electron chi connectivity index (χ1n) is 15.4. The van der Waals surface area contributed by atoms with Crippen LogP contribution in [0.25, 0.3) is 11.1 Å². The van der Waals surface area contributed by atoms with Gasteiger partial charge in [0.2, 0.25) is 10.0 Å². The molecule has 5 rings (SSSR count). The van der Waals surface area contributed by atoms with Crippen LogP contribution in [0.15, 0.2) is 67.0 Å². The zero-order valence-corrected chi connectivity index (χ0v) is 29.0. The number of hydrogen-bond donors (Lipinski definition) is 1. The predicted molar refractivity (Wildman–Crippen MR) is 181 cm³/mol. The fourth-order valence-corrected chi connectivity index (χ4v) is 6.44. The molecule has 0 saturated heterocycles. The number of alkyl halides is 3. The number of pyridine rings is 1. The van der Waals surface area contributed by atoms with E-state index in [1.165, 1.54) is 17.3 Å². The van der Waals surface area contributed by atoms with Gasteiger partial charge >= 0.3 is 12.1 Å². The van der Waals surface area contributed by atoms with Crippen molar-refractivity contribution in [3.63, 3.8) is 0 Å². The van der Waals surface area contributed by atoms with Crippen molar-refractivity contribution in [2.24, 2.45) is 0 Å². The van der Waals surface area contributed by atoms with E-state index in [1.54, 1.807) is 25.2 Å². The summed E-state index contributed by atoms with van der Waals surface area (Å²) in [6.45, 7) is 2.94. The highest BCUT2D eigenvalue weighted by atomic mass is 35.5. The molecule has 0 unspecified atom stereocenters. The van der Waals surface area contributed by atoms with Gasteiger partial charge in [0, 0.05) is 42.7 Å². The number of nitrogens with one attached hydrogen (secondary N) is 1. The molecule has 268 valence electrons. The summed E-state index contributed by atoms with van der Waals surface area (Å²) in [5.41, 5.74) is 5.25. The first-order chi connectivity index (χ1) is 24.2. The molecule has 0 bridgehead atoms. The Morgan fingerprint density at radius 3 is 2.51 bits per heavy atom. The quantitative estimate of drug-likeness (QED) is 0.175. The van der Waals surface area contributed by atoms with Crippen LogP contribution in [-0.2, 0) is 34.6 Å². The first kappa shape index (κ1) is 37.2. The van der Waals surface area contributed by atoms with Gasteiger partial charge in [0.25, 0.3) is 0 Å². The fraction of sp³-hybridized carbons (Fsp3) is 0.286. The average molecular weight is 745 g/mol. The minimum Gasteiger partial charge on any atom is -0.488 e. The minimum atomic E-state index is -5.35. The smallest absolute Gasteiger partial charge is 0.472 e. The topological polar surface area (TPSA) is 140 Å². The van der Waals surface area contributed by atoms with Crippen LogP contribution in [0.4, 0.5) is 13.2 Å². The number of nitrogens with zero attached hydrogens (tertiary/aromatic N) is 3. The van der Waals surface area contributed by atoms with Crippen LogP contribution >= 0.6 is 11.6 Å². The van der Waals surface area contributed by atoms with Crippen molar-refractivity contribution in [2.45, 2.75) is 32.9 Å². The molecule has 51 heavy (non-hydrogen) atoms. The second-order valence-corrected chi connectivity index (χ2v) is 13.8. The molecule has 0 spiro atoms. The third-order valence-electron chi connectivity index (χ3n) is 7.80. The first-order valence-corrected chi connectivity index (χ1v) is 17.5. The van der Waals surface area contributed by atoms with Gasteiger partial charge in [-0.3, -0.25) is 9.78 Å². The zero-order chi connectivity index (χ0) is 36.8. The number of halogens is 4. The molecule has 2 heterocycles. The van der Waals surface area contributed by atoms with Gasteiger partial charge in [-0.1, -0.05) is 35.9 Å². The van der Waals surface area contributed by atoms with E-state index in [0.717, 1.165) is 27.0 Å². The Kier molecular flexibility index (Phi) is 11.6. The van der Waals surface area contributed by atoms with Crippen molar-refractivity contribution >= 4 is 27.5 Å². The second kappa shape index (κ2) is 15.9. The number of hydrogen-bond acceptors (Lipinski definition) is 10. The van der Waals surface area contributed by atoms with E-state index in [1.807, 2.05) is 49.4 Å². The summed E-state index contributed by atoms with van der Waals surface area (Å²) in [5.74, 6) is -1.37. The minimum absolute atomic E-state index is 0.00878. The molecule has 0 aliphatic carbocycles. The molecular formula is C35H32ClF3N4O7S. The third kappa shape index (κ3) is 9.81. The Morgan fingerprint density at radius 1 is 1.02 bits per heavy atom. The molecule has 0 radical (unpaired) electrons. The van der Waals surface area contributed by atoms with Crippen LogP contribution in [0.2, 0.25) is 5.02 Å². The molecule has 0 fully saturated rings. The Morgan fingerprint density at radius 2 is 1.76 bits per heavy atom. The molecule has 1 aliphatic rings. The third-order valence-corrected chi connectivity index (χ3v) is 9.32. The van der Waals surface area contributed by atoms with E-state index in [9.17, 15) is 31.6 Å². The van der Waals surface area contributed by atoms with Gasteiger partial charge in [0.15, 0.2) is 11.5 Å². The van der Waals surface area contributed by atoms with Gasteiger partial charge in [0.1, 0.15) is 44.0 Å². The maximum atomic E-state index is 12.6. The van der Waals surface area contributed by atoms with Crippen molar-refractivity contribution in [2.75, 3.05) is 32.6 Å². The zero-order valence-electron chi connectivity index (χ0n) is 27.4. The molecule has 3 aromatic carbocycles. The summed E-state index contributed by atoms with van der Waals surface area (Å²) in [5, 5.41) is 9.48. The SMILES string of the molecule is Cc1c(COc2cc(OCc3cncc(C#N)c3)c(CN(C)CCS(=O)(=O)NC(=O)C(F)(F)F)cc2Cl)cccc1-c1ccc2c(c1)OCCO2. The van der Waals surface area contributed by atoms with E-state index in [0.29, 0.717) is 52.9 Å². The lowest BCUT2D eigenvalue weighted by atomic mass is 9.96. The van der Waals surface area contributed by atoms with Crippen LogP contribution in [0.1, 0.15) is 27.8 Å². The molecule has 1 N–H and O–H groups in total. The fourth-order valence-electron chi connectivity index (χ4n) is 5.15. The maximum Gasteiger partial charge on any atom is 0.472 e. The molecule has 11 nitrogen and oxygen atoms in total. The standard InChI is InChI=1S/C35H32ClF3N4O7S/c1-22-26(4-3-5-28(22)25-6-7-30-33(14-25)48-10-9-47-30)21-50-32-15-31(49-20-24-12-23(16-40)17-41-18-24)27(13-29(32)36)19-43(2)8-11-51(45,46)42-34(44)35(37,38)39/h3-7,12-15,17-18H,8-11,19-21H2,1-2H3,(H,42,44). The Bertz CT molecular complexity index is 2070. The van der Waals surface area contributed by atoms with E-state index in [2.05, 4.69) is 4.98 Å². The van der Waals surface area contributed by atoms with Gasteiger partial charge in [0.05, 0.1) is 16.3 Å². The van der Waals surface area contributed by atoms with Crippen LogP contribution < -0.4 is 23.7 Å². The lowest BCUT2D eigenvalue weighted by Crippen LogP contribution is -2.43. The van der Waals surface area contributed by atoms with Gasteiger partial charge in [-0.25, -0.2) is 13.1 Å². The van der Waals surface area contributed by atoms with Crippen LogP contribution in [0.5, 0.6) is 23.0 Å². The van der Waals surface area contributed by atoms with Crippen LogP contribution in [0.3, 0.4) is 0 Å². The highest BCUT2D eigenvalue weighted by Gasteiger charge is 2.41. The monoisotopic (exact) mass is 744 g/mol. The molecule has 1 amide bonds. The number of nitriles is 1. The Hall–Kier alpha value is -5.04. The van der Waals surface area contributed by atoms with E-state index in [-0.39, 0.29) is 31.3 Å². The van der Waals surface area contributed by atoms with Crippen molar-refractivity contribution in [3.05, 3.63) is 99.8 Å². The Balaban J connectivity index is 1.34. The summed E-state index contributed by atoms with van der Waals surface area (Å²) in [6, 6.07) is 18.5. The second-order valence-electron chi connectivity index (χ2n) is 11.6. The number of ether oxygens (including phenoxy) is 4. The molecule has 4 aromatic rings. The Labute approximate surface area is 297 Å². The maximum absolute atomic E-state index is 12.6. The largest absolute Gasteiger partial charge is 0.488 e. The number of benzene rings is 3. The highest BCUT2D eigenvalue weighted by Crippen LogP contribution is 2.38. The number of carbonyl (C=O) groups excluding carboxylic acids is 1. The van der Waals surface area contributed by atoms with Crippen LogP contribution in [0, 0.1) is 18.3 Å². The summed E-state index contributed by atoms with van der Waals surface area (Å²) in [6.07, 6.45) is -2.39. The van der Waals surface area contributed by atoms with E-state index in [4.69, 9.17) is 30.5 Å². The summed E-state index contributed by atoms with van der Waals surface area (Å²) < 4.78 is 86.7. The average Bonchev–Trinajstić information content (AvgIpc) is 3.10. The van der Waals surface area contributed by atoms with Crippen molar-refractivity contribution in [3.8, 4) is 40.2 Å².